The Kier molecular flexibility index (Phi) is 11.2. The monoisotopic (exact) mass is 694 g/mol. The topological polar surface area (TPSA) is 83.1 Å². The molecule has 19 heteroatoms. The van der Waals surface area contributed by atoms with E-state index in [1.165, 1.54) is 0 Å². The van der Waals surface area contributed by atoms with Gasteiger partial charge in [-0.3, -0.25) is 0 Å². The third kappa shape index (κ3) is 11.9. The van der Waals surface area contributed by atoms with Gasteiger partial charge in [-0.2, -0.15) is 0 Å². The van der Waals surface area contributed by atoms with Crippen LogP contribution < -0.4 is 0 Å². The summed E-state index contributed by atoms with van der Waals surface area (Å²) in [4.78, 5) is 0. The number of hydrogen-bond donors (Lipinski definition) is 0. The Labute approximate surface area is 239 Å². The molecule has 0 radical (unpaired) electrons. The van der Waals surface area contributed by atoms with Crippen molar-refractivity contribution in [3.05, 3.63) is 0 Å². The Balaban J connectivity index is 2.11. The van der Waals surface area contributed by atoms with Gasteiger partial charge in [0.25, 0.3) is 0 Å². The lowest BCUT2D eigenvalue weighted by atomic mass is 10.9. The van der Waals surface area contributed by atoms with Gasteiger partial charge in [-0.05, 0) is 116 Å². The minimum atomic E-state index is -2.50. The van der Waals surface area contributed by atoms with Crippen molar-refractivity contribution in [3.63, 3.8) is 0 Å². The summed E-state index contributed by atoms with van der Waals surface area (Å²) >= 11 is 0. The summed E-state index contributed by atoms with van der Waals surface area (Å²) in [7, 11) is -19.8. The van der Waals surface area contributed by atoms with Crippen molar-refractivity contribution < 1.29 is 37.0 Å². The van der Waals surface area contributed by atoms with Crippen molar-refractivity contribution in [2.75, 3.05) is 0 Å². The van der Waals surface area contributed by atoms with Crippen LogP contribution in [-0.4, -0.2) is 88.0 Å². The van der Waals surface area contributed by atoms with Crippen LogP contribution in [0.2, 0.25) is 116 Å². The molecular weight excluding hydrogens is 641 g/mol. The van der Waals surface area contributed by atoms with E-state index in [0.717, 1.165) is 34.7 Å². The van der Waals surface area contributed by atoms with E-state index in [9.17, 15) is 0 Å². The van der Waals surface area contributed by atoms with Gasteiger partial charge in [-0.15, -0.1) is 0 Å². The van der Waals surface area contributed by atoms with Gasteiger partial charge in [0.1, 0.15) is 10.5 Å². The Morgan fingerprint density at radius 3 is 0.865 bits per heavy atom. The third-order valence-corrected chi connectivity index (χ3v) is 44.6. The molecule has 0 bridgehead atoms. The highest BCUT2D eigenvalue weighted by atomic mass is 28.5. The lowest BCUT2D eigenvalue weighted by Gasteiger charge is -2.48. The zero-order valence-electron chi connectivity index (χ0n) is 26.1. The molecule has 2 aliphatic rings. The maximum atomic E-state index is 6.79. The van der Waals surface area contributed by atoms with E-state index in [1.54, 1.807) is 0 Å². The van der Waals surface area contributed by atoms with Gasteiger partial charge in [0.2, 0.25) is 0 Å². The average Bonchev–Trinajstić information content (AvgIpc) is 2.52. The molecule has 9 nitrogen and oxygen atoms in total. The summed E-state index contributed by atoms with van der Waals surface area (Å²) in [5, 5.41) is 0. The molecule has 0 aliphatic carbocycles. The molecular formula is C18H54O9Si10. The molecule has 0 aromatic rings. The quantitative estimate of drug-likeness (QED) is 0.358. The molecule has 2 heterocycles. The van der Waals surface area contributed by atoms with E-state index in [0.29, 0.717) is 0 Å². The summed E-state index contributed by atoms with van der Waals surface area (Å²) in [6, 6.07) is 3.84. The van der Waals surface area contributed by atoms with Crippen molar-refractivity contribution in [2.24, 2.45) is 0 Å². The third-order valence-electron chi connectivity index (χ3n) is 5.99. The van der Waals surface area contributed by atoms with E-state index in [4.69, 9.17) is 37.0 Å². The molecule has 0 spiro atoms. The van der Waals surface area contributed by atoms with Crippen molar-refractivity contribution in [3.8, 4) is 0 Å². The summed E-state index contributed by atoms with van der Waals surface area (Å²) in [5.41, 5.74) is 0. The fourth-order valence-corrected chi connectivity index (χ4v) is 56.5. The molecule has 2 saturated heterocycles. The molecule has 2 fully saturated rings. The van der Waals surface area contributed by atoms with Crippen molar-refractivity contribution in [2.45, 2.75) is 116 Å². The first kappa shape index (κ1) is 35.0. The fourth-order valence-electron chi connectivity index (χ4n) is 6.04. The predicted molar refractivity (Wildman–Crippen MR) is 174 cm³/mol. The molecule has 2 rings (SSSR count). The smallest absolute Gasteiger partial charge is 0.317 e. The molecule has 220 valence electrons. The molecule has 0 aromatic heterocycles. The highest BCUT2D eigenvalue weighted by Gasteiger charge is 2.54. The lowest BCUT2D eigenvalue weighted by Crippen LogP contribution is -2.65. The van der Waals surface area contributed by atoms with E-state index < -0.39 is 77.5 Å². The Morgan fingerprint density at radius 1 is 0.432 bits per heavy atom. The fraction of sp³-hybridized carbons (Fsp3) is 1.00. The van der Waals surface area contributed by atoms with Crippen LogP contribution >= 0.6 is 0 Å². The number of rotatable bonds is 7. The van der Waals surface area contributed by atoms with Gasteiger partial charge in [0, 0.05) is 0 Å². The summed E-state index contributed by atoms with van der Waals surface area (Å²) < 4.78 is 59.5. The van der Waals surface area contributed by atoms with Crippen LogP contribution in [0.5, 0.6) is 0 Å². The second-order valence-corrected chi connectivity index (χ2v) is 46.6. The van der Waals surface area contributed by atoms with Gasteiger partial charge in [-0.1, -0.05) is 0 Å². The lowest BCUT2D eigenvalue weighted by molar-refractivity contribution is 0.233. The molecule has 0 N–H and O–H groups in total. The SMILES string of the molecule is C[Si]1(C)O[Si](C)(C)O[Si](C)(CC[SiH](CC[Si]2(C)O[Si](C)(C)O[Si](C)(C)O[Si](C)(C)O2)O[SiH3])O[Si](C)(C)O1. The Bertz CT molecular complexity index is 690. The first-order valence-corrected chi connectivity index (χ1v) is 38.3. The molecule has 0 unspecified atom stereocenters. The van der Waals surface area contributed by atoms with Gasteiger partial charge in [-0.25, -0.2) is 0 Å². The van der Waals surface area contributed by atoms with E-state index in [1.807, 2.05) is 0 Å². The van der Waals surface area contributed by atoms with Crippen LogP contribution in [0.1, 0.15) is 0 Å². The Hall–Kier alpha value is 1.81. The standard InChI is InChI=1S/C18H54O9Si10/c1-30(2)20-32(5,6)24-36(13,25-33(7,8)21-30)17-15-29(19-28)16-18-37(14)26-34(9,10)22-31(3,4)23-35(11,12)27-37/h29H,15-18H2,1-14,28H3. The normalized spacial score (nSPS) is 29.6. The highest BCUT2D eigenvalue weighted by molar-refractivity contribution is 6.94. The van der Waals surface area contributed by atoms with Gasteiger partial charge >= 0.3 is 68.5 Å². The van der Waals surface area contributed by atoms with Crippen molar-refractivity contribution in [1.82, 2.24) is 0 Å². The zero-order chi connectivity index (χ0) is 28.8. The molecule has 0 aromatic carbocycles. The summed E-state index contributed by atoms with van der Waals surface area (Å²) in [6.07, 6.45) is 0. The number of hydrogen-bond acceptors (Lipinski definition) is 9. The zero-order valence-corrected chi connectivity index (χ0v) is 37.2. The van der Waals surface area contributed by atoms with Crippen molar-refractivity contribution >= 4 is 88.0 Å². The maximum Gasteiger partial charge on any atom is 0.317 e. The minimum Gasteiger partial charge on any atom is -0.466 e. The van der Waals surface area contributed by atoms with Crippen LogP contribution in [0.15, 0.2) is 0 Å². The van der Waals surface area contributed by atoms with E-state index >= 15 is 0 Å². The second-order valence-electron chi connectivity index (χ2n) is 13.4. The van der Waals surface area contributed by atoms with Gasteiger partial charge < -0.3 is 37.0 Å². The van der Waals surface area contributed by atoms with Crippen molar-refractivity contribution in [1.29, 1.82) is 0 Å². The molecule has 0 amide bonds. The first-order chi connectivity index (χ1) is 16.3. The summed E-state index contributed by atoms with van der Waals surface area (Å²) in [6.45, 7) is 29.8. The minimum absolute atomic E-state index is 0.732. The molecule has 0 atom stereocenters. The van der Waals surface area contributed by atoms with Crippen LogP contribution in [0.3, 0.4) is 0 Å². The van der Waals surface area contributed by atoms with E-state index in [-0.39, 0.29) is 0 Å². The van der Waals surface area contributed by atoms with E-state index in [2.05, 4.69) is 91.7 Å². The second kappa shape index (κ2) is 11.8. The largest absolute Gasteiger partial charge is 0.466 e. The highest BCUT2D eigenvalue weighted by Crippen LogP contribution is 2.36. The first-order valence-electron chi connectivity index (χ1n) is 13.4. The van der Waals surface area contributed by atoms with Crippen LogP contribution in [0, 0.1) is 0 Å². The molecule has 2 aliphatic heterocycles. The van der Waals surface area contributed by atoms with Crippen LogP contribution in [0.25, 0.3) is 0 Å². The Morgan fingerprint density at radius 2 is 0.649 bits per heavy atom. The maximum absolute atomic E-state index is 6.79. The molecule has 0 saturated carbocycles. The summed E-state index contributed by atoms with van der Waals surface area (Å²) in [5.74, 6) is 0. The van der Waals surface area contributed by atoms with Crippen LogP contribution in [-0.2, 0) is 37.0 Å². The van der Waals surface area contributed by atoms with Crippen LogP contribution in [0.4, 0.5) is 0 Å². The average molecular weight is 695 g/mol. The van der Waals surface area contributed by atoms with Gasteiger partial charge in [0.15, 0.2) is 9.04 Å². The van der Waals surface area contributed by atoms with Gasteiger partial charge in [0.05, 0.1) is 0 Å². The molecule has 37 heavy (non-hydrogen) atoms. The predicted octanol–water partition coefficient (Wildman–Crippen LogP) is 4.52.